The highest BCUT2D eigenvalue weighted by Crippen LogP contribution is 2.34. The molecular formula is C25H24N2O3. The second kappa shape index (κ2) is 8.74. The van der Waals surface area contributed by atoms with E-state index in [0.29, 0.717) is 6.54 Å². The van der Waals surface area contributed by atoms with Crippen molar-refractivity contribution in [3.8, 4) is 39.8 Å². The maximum atomic E-state index is 5.49. The third-order valence-corrected chi connectivity index (χ3v) is 5.03. The molecule has 0 spiro atoms. The standard InChI is InChI=1S/C25H24N2O3/c1-28-20-9-10-23(19-7-5-4-6-8-19)24(16-20)25-26-11-12-27(25)17-18-13-21(29-2)15-22(14-18)30-3/h4-16H,17H2,1-3H3. The van der Waals surface area contributed by atoms with Crippen LogP contribution in [0.25, 0.3) is 22.5 Å². The normalized spacial score (nSPS) is 10.6. The van der Waals surface area contributed by atoms with E-state index in [9.17, 15) is 0 Å². The van der Waals surface area contributed by atoms with Gasteiger partial charge in [-0.25, -0.2) is 4.98 Å². The van der Waals surface area contributed by atoms with Gasteiger partial charge in [0.15, 0.2) is 0 Å². The van der Waals surface area contributed by atoms with Crippen molar-refractivity contribution in [1.82, 2.24) is 9.55 Å². The molecule has 5 nitrogen and oxygen atoms in total. The summed E-state index contributed by atoms with van der Waals surface area (Å²) in [5.74, 6) is 3.19. The van der Waals surface area contributed by atoms with Crippen LogP contribution in [0.15, 0.2) is 79.1 Å². The van der Waals surface area contributed by atoms with E-state index in [4.69, 9.17) is 14.2 Å². The van der Waals surface area contributed by atoms with Gasteiger partial charge in [0.25, 0.3) is 0 Å². The van der Waals surface area contributed by atoms with Crippen LogP contribution in [0.2, 0.25) is 0 Å². The van der Waals surface area contributed by atoms with Crippen molar-refractivity contribution in [3.63, 3.8) is 0 Å². The van der Waals surface area contributed by atoms with Crippen LogP contribution in [0.4, 0.5) is 0 Å². The van der Waals surface area contributed by atoms with Crippen LogP contribution in [-0.4, -0.2) is 30.9 Å². The predicted molar refractivity (Wildman–Crippen MR) is 118 cm³/mol. The Morgan fingerprint density at radius 1 is 0.733 bits per heavy atom. The average Bonchev–Trinajstić information content (AvgIpc) is 3.26. The highest BCUT2D eigenvalue weighted by Gasteiger charge is 2.15. The van der Waals surface area contributed by atoms with Crippen molar-refractivity contribution < 1.29 is 14.2 Å². The maximum absolute atomic E-state index is 5.49. The lowest BCUT2D eigenvalue weighted by Gasteiger charge is -2.15. The number of ether oxygens (including phenoxy) is 3. The van der Waals surface area contributed by atoms with Crippen molar-refractivity contribution in [3.05, 3.63) is 84.7 Å². The Morgan fingerprint density at radius 3 is 2.10 bits per heavy atom. The summed E-state index contributed by atoms with van der Waals surface area (Å²) in [7, 11) is 4.99. The summed E-state index contributed by atoms with van der Waals surface area (Å²) in [6.07, 6.45) is 3.80. The van der Waals surface area contributed by atoms with Crippen LogP contribution in [0.5, 0.6) is 17.2 Å². The van der Waals surface area contributed by atoms with Gasteiger partial charge in [-0.15, -0.1) is 0 Å². The largest absolute Gasteiger partial charge is 0.497 e. The first-order chi connectivity index (χ1) is 14.7. The Hall–Kier alpha value is -3.73. The summed E-state index contributed by atoms with van der Waals surface area (Å²) in [5, 5.41) is 0. The number of benzene rings is 3. The monoisotopic (exact) mass is 400 g/mol. The highest BCUT2D eigenvalue weighted by molar-refractivity contribution is 5.82. The van der Waals surface area contributed by atoms with E-state index in [0.717, 1.165) is 45.3 Å². The molecule has 0 aliphatic carbocycles. The van der Waals surface area contributed by atoms with E-state index in [1.54, 1.807) is 21.3 Å². The second-order valence-electron chi connectivity index (χ2n) is 6.88. The SMILES string of the molecule is COc1cc(Cn2ccnc2-c2cc(OC)ccc2-c2ccccc2)cc(OC)c1. The maximum Gasteiger partial charge on any atom is 0.140 e. The topological polar surface area (TPSA) is 45.5 Å². The number of nitrogens with zero attached hydrogens (tertiary/aromatic N) is 2. The first-order valence-corrected chi connectivity index (χ1v) is 9.68. The van der Waals surface area contributed by atoms with E-state index in [1.807, 2.05) is 60.9 Å². The fraction of sp³-hybridized carbons (Fsp3) is 0.160. The molecule has 1 aromatic heterocycles. The number of aromatic nitrogens is 2. The highest BCUT2D eigenvalue weighted by atomic mass is 16.5. The van der Waals surface area contributed by atoms with Gasteiger partial charge in [-0.3, -0.25) is 0 Å². The number of hydrogen-bond acceptors (Lipinski definition) is 4. The summed E-state index contributed by atoms with van der Waals surface area (Å²) < 4.78 is 18.4. The van der Waals surface area contributed by atoms with Gasteiger partial charge < -0.3 is 18.8 Å². The first-order valence-electron chi connectivity index (χ1n) is 9.68. The van der Waals surface area contributed by atoms with Crippen molar-refractivity contribution in [2.24, 2.45) is 0 Å². The van der Waals surface area contributed by atoms with E-state index in [2.05, 4.69) is 27.8 Å². The van der Waals surface area contributed by atoms with Gasteiger partial charge in [-0.05, 0) is 47.0 Å². The molecule has 0 bridgehead atoms. The minimum Gasteiger partial charge on any atom is -0.497 e. The Balaban J connectivity index is 1.78. The Labute approximate surface area is 176 Å². The molecule has 5 heteroatoms. The van der Waals surface area contributed by atoms with Crippen LogP contribution in [0.3, 0.4) is 0 Å². The predicted octanol–water partition coefficient (Wildman–Crippen LogP) is 5.29. The molecule has 1 heterocycles. The fourth-order valence-electron chi connectivity index (χ4n) is 3.54. The molecule has 4 rings (SSSR count). The van der Waals surface area contributed by atoms with Crippen LogP contribution in [0, 0.1) is 0 Å². The van der Waals surface area contributed by atoms with Gasteiger partial charge in [0, 0.05) is 30.6 Å². The van der Waals surface area contributed by atoms with Gasteiger partial charge in [-0.1, -0.05) is 30.3 Å². The molecule has 0 saturated heterocycles. The molecule has 0 aliphatic rings. The minimum absolute atomic E-state index is 0.633. The summed E-state index contributed by atoms with van der Waals surface area (Å²) in [4.78, 5) is 4.67. The third-order valence-electron chi connectivity index (χ3n) is 5.03. The zero-order valence-electron chi connectivity index (χ0n) is 17.3. The van der Waals surface area contributed by atoms with Crippen LogP contribution >= 0.6 is 0 Å². The molecule has 0 aliphatic heterocycles. The molecule has 0 unspecified atom stereocenters. The summed E-state index contributed by atoms with van der Waals surface area (Å²) >= 11 is 0. The number of methoxy groups -OCH3 is 3. The van der Waals surface area contributed by atoms with E-state index < -0.39 is 0 Å². The van der Waals surface area contributed by atoms with Gasteiger partial charge >= 0.3 is 0 Å². The number of rotatable bonds is 7. The van der Waals surface area contributed by atoms with Crippen LogP contribution < -0.4 is 14.2 Å². The van der Waals surface area contributed by atoms with Crippen LogP contribution in [0.1, 0.15) is 5.56 Å². The lowest BCUT2D eigenvalue weighted by atomic mass is 9.98. The quantitative estimate of drug-likeness (QED) is 0.423. The van der Waals surface area contributed by atoms with Crippen LogP contribution in [-0.2, 0) is 6.54 Å². The molecule has 4 aromatic rings. The Bertz CT molecular complexity index is 1110. The summed E-state index contributed by atoms with van der Waals surface area (Å²) in [6.45, 7) is 0.633. The molecule has 0 fully saturated rings. The van der Waals surface area contributed by atoms with Gasteiger partial charge in [0.2, 0.25) is 0 Å². The molecular weight excluding hydrogens is 376 g/mol. The summed E-state index contributed by atoms with van der Waals surface area (Å²) in [6, 6.07) is 22.3. The Morgan fingerprint density at radius 2 is 1.43 bits per heavy atom. The average molecular weight is 400 g/mol. The molecule has 0 saturated carbocycles. The molecule has 0 amide bonds. The molecule has 3 aromatic carbocycles. The fourth-order valence-corrected chi connectivity index (χ4v) is 3.54. The minimum atomic E-state index is 0.633. The van der Waals surface area contributed by atoms with E-state index in [1.165, 1.54) is 0 Å². The van der Waals surface area contributed by atoms with Crippen molar-refractivity contribution >= 4 is 0 Å². The zero-order valence-corrected chi connectivity index (χ0v) is 17.3. The number of hydrogen-bond donors (Lipinski definition) is 0. The number of imidazole rings is 1. The Kier molecular flexibility index (Phi) is 5.70. The lowest BCUT2D eigenvalue weighted by Crippen LogP contribution is -2.03. The van der Waals surface area contributed by atoms with Crippen molar-refractivity contribution in [2.45, 2.75) is 6.54 Å². The van der Waals surface area contributed by atoms with Crippen molar-refractivity contribution in [1.29, 1.82) is 0 Å². The molecule has 0 atom stereocenters. The zero-order chi connectivity index (χ0) is 20.9. The van der Waals surface area contributed by atoms with Gasteiger partial charge in [0.05, 0.1) is 21.3 Å². The van der Waals surface area contributed by atoms with Gasteiger partial charge in [0.1, 0.15) is 23.1 Å². The smallest absolute Gasteiger partial charge is 0.140 e. The van der Waals surface area contributed by atoms with Gasteiger partial charge in [-0.2, -0.15) is 0 Å². The lowest BCUT2D eigenvalue weighted by molar-refractivity contribution is 0.393. The summed E-state index contributed by atoms with van der Waals surface area (Å²) in [5.41, 5.74) is 4.31. The second-order valence-corrected chi connectivity index (χ2v) is 6.88. The van der Waals surface area contributed by atoms with E-state index in [-0.39, 0.29) is 0 Å². The van der Waals surface area contributed by atoms with E-state index >= 15 is 0 Å². The molecule has 152 valence electrons. The van der Waals surface area contributed by atoms with Crippen molar-refractivity contribution in [2.75, 3.05) is 21.3 Å². The third kappa shape index (κ3) is 4.01. The molecule has 0 radical (unpaired) electrons. The molecule has 30 heavy (non-hydrogen) atoms. The first kappa shape index (κ1) is 19.6. The molecule has 0 N–H and O–H groups in total.